The van der Waals surface area contributed by atoms with Crippen LogP contribution in [0.5, 0.6) is 0 Å². The first-order valence-electron chi connectivity index (χ1n) is 5.02. The fourth-order valence-corrected chi connectivity index (χ4v) is 2.10. The normalized spacial score (nSPS) is 12.7. The van der Waals surface area contributed by atoms with Crippen LogP contribution in [0.2, 0.25) is 0 Å². The maximum absolute atomic E-state index is 4.46. The molecule has 0 saturated carbocycles. The first-order valence-corrected chi connectivity index (χ1v) is 5.90. The molecule has 0 aliphatic carbocycles. The van der Waals surface area contributed by atoms with E-state index < -0.39 is 0 Å². The van der Waals surface area contributed by atoms with Crippen LogP contribution < -0.4 is 5.73 Å². The maximum atomic E-state index is 4.46. The third-order valence-electron chi connectivity index (χ3n) is 2.39. The highest BCUT2D eigenvalue weighted by Gasteiger charge is 2.04. The van der Waals surface area contributed by atoms with Crippen LogP contribution in [0, 0.1) is 6.92 Å². The molecule has 2 nitrogen and oxygen atoms in total. The molecule has 15 heavy (non-hydrogen) atoms. The van der Waals surface area contributed by atoms with E-state index in [1.165, 1.54) is 11.1 Å². The number of aryl methyl sites for hydroxylation is 1. The summed E-state index contributed by atoms with van der Waals surface area (Å²) >= 11 is 1.69. The van der Waals surface area contributed by atoms with Gasteiger partial charge in [-0.1, -0.05) is 24.3 Å². The second-order valence-corrected chi connectivity index (χ2v) is 4.84. The van der Waals surface area contributed by atoms with E-state index in [2.05, 4.69) is 47.3 Å². The van der Waals surface area contributed by atoms with Gasteiger partial charge in [0.2, 0.25) is 0 Å². The summed E-state index contributed by atoms with van der Waals surface area (Å²) in [4.78, 5) is 4.46. The van der Waals surface area contributed by atoms with Crippen LogP contribution in [-0.2, 0) is 0 Å². The van der Waals surface area contributed by atoms with Gasteiger partial charge < -0.3 is 5.73 Å². The number of nitrogens with zero attached hydrogens (tertiary/aromatic N) is 1. The minimum absolute atomic E-state index is 0.344. The number of hydrogen-bond donors (Lipinski definition) is 1. The quantitative estimate of drug-likeness (QED) is 0.828. The number of hydrogen-bond acceptors (Lipinski definition) is 2. The lowest BCUT2D eigenvalue weighted by Gasteiger charge is -2.03. The number of aromatic nitrogens is 1. The molecule has 0 aliphatic heterocycles. The SMILES string of the molecule is Cc1nc(-c2ccc([C@@H](C)[NH3+])cc2)cs1. The van der Waals surface area contributed by atoms with Crippen LogP contribution >= 0.6 is 11.3 Å². The Bertz CT molecular complexity index is 443. The van der Waals surface area contributed by atoms with Gasteiger partial charge in [0.05, 0.1) is 10.7 Å². The molecule has 0 saturated heterocycles. The Kier molecular flexibility index (Phi) is 2.84. The third-order valence-corrected chi connectivity index (χ3v) is 3.17. The number of benzene rings is 1. The van der Waals surface area contributed by atoms with Gasteiger partial charge >= 0.3 is 0 Å². The summed E-state index contributed by atoms with van der Waals surface area (Å²) in [5.74, 6) is 0. The summed E-state index contributed by atoms with van der Waals surface area (Å²) in [6.07, 6.45) is 0. The van der Waals surface area contributed by atoms with Gasteiger partial charge in [0.1, 0.15) is 6.04 Å². The smallest absolute Gasteiger partial charge is 0.107 e. The average Bonchev–Trinajstić information content (AvgIpc) is 2.65. The molecule has 0 fully saturated rings. The summed E-state index contributed by atoms with van der Waals surface area (Å²) in [5, 5.41) is 3.21. The minimum atomic E-state index is 0.344. The van der Waals surface area contributed by atoms with E-state index in [1.807, 2.05) is 6.92 Å². The molecule has 0 spiro atoms. The van der Waals surface area contributed by atoms with Crippen LogP contribution in [0.1, 0.15) is 23.5 Å². The topological polar surface area (TPSA) is 40.5 Å². The van der Waals surface area contributed by atoms with Gasteiger partial charge in [0.15, 0.2) is 0 Å². The first kappa shape index (κ1) is 10.3. The van der Waals surface area contributed by atoms with Crippen LogP contribution in [0.4, 0.5) is 0 Å². The largest absolute Gasteiger partial charge is 0.352 e. The lowest BCUT2D eigenvalue weighted by Crippen LogP contribution is -2.51. The molecule has 1 aromatic carbocycles. The lowest BCUT2D eigenvalue weighted by atomic mass is 10.1. The molecule has 0 bridgehead atoms. The van der Waals surface area contributed by atoms with Crippen molar-refractivity contribution in [3.05, 3.63) is 40.2 Å². The summed E-state index contributed by atoms with van der Waals surface area (Å²) in [5.41, 5.74) is 7.53. The van der Waals surface area contributed by atoms with E-state index in [1.54, 1.807) is 11.3 Å². The Morgan fingerprint density at radius 3 is 2.40 bits per heavy atom. The molecule has 3 N–H and O–H groups in total. The molecule has 1 aromatic heterocycles. The standard InChI is InChI=1S/C12H14N2S/c1-8(13)10-3-5-11(6-4-10)12-7-15-9(2)14-12/h3-8H,13H2,1-2H3/p+1/t8-/m1/s1. The van der Waals surface area contributed by atoms with Gasteiger partial charge in [0.25, 0.3) is 0 Å². The monoisotopic (exact) mass is 219 g/mol. The van der Waals surface area contributed by atoms with Crippen LogP contribution in [0.3, 0.4) is 0 Å². The van der Waals surface area contributed by atoms with Crippen molar-refractivity contribution in [2.75, 3.05) is 0 Å². The third kappa shape index (κ3) is 2.25. The van der Waals surface area contributed by atoms with Crippen LogP contribution in [-0.4, -0.2) is 4.98 Å². The van der Waals surface area contributed by atoms with Crippen molar-refractivity contribution in [3.8, 4) is 11.3 Å². The maximum Gasteiger partial charge on any atom is 0.107 e. The van der Waals surface area contributed by atoms with Gasteiger partial charge in [0, 0.05) is 16.5 Å². The predicted octanol–water partition coefficient (Wildman–Crippen LogP) is 2.42. The Hall–Kier alpha value is -1.19. The highest BCUT2D eigenvalue weighted by molar-refractivity contribution is 7.09. The molecule has 2 rings (SSSR count). The summed E-state index contributed by atoms with van der Waals surface area (Å²) in [7, 11) is 0. The van der Waals surface area contributed by atoms with E-state index in [9.17, 15) is 0 Å². The zero-order valence-electron chi connectivity index (χ0n) is 9.03. The zero-order valence-corrected chi connectivity index (χ0v) is 9.84. The molecule has 0 radical (unpaired) electrons. The van der Waals surface area contributed by atoms with Crippen molar-refractivity contribution >= 4 is 11.3 Å². The van der Waals surface area contributed by atoms with Crippen molar-refractivity contribution in [1.82, 2.24) is 4.98 Å². The second kappa shape index (κ2) is 4.13. The molecular weight excluding hydrogens is 204 g/mol. The van der Waals surface area contributed by atoms with Gasteiger partial charge in [-0.25, -0.2) is 4.98 Å². The van der Waals surface area contributed by atoms with Crippen LogP contribution in [0.15, 0.2) is 29.6 Å². The predicted molar refractivity (Wildman–Crippen MR) is 63.6 cm³/mol. The lowest BCUT2D eigenvalue weighted by molar-refractivity contribution is -0.420. The van der Waals surface area contributed by atoms with E-state index in [4.69, 9.17) is 0 Å². The van der Waals surface area contributed by atoms with Crippen molar-refractivity contribution in [1.29, 1.82) is 0 Å². The Balaban J connectivity index is 2.31. The molecule has 0 unspecified atom stereocenters. The highest BCUT2D eigenvalue weighted by atomic mass is 32.1. The molecule has 1 atom stereocenters. The number of rotatable bonds is 2. The molecule has 1 heterocycles. The molecule has 78 valence electrons. The fourth-order valence-electron chi connectivity index (χ4n) is 1.48. The average molecular weight is 219 g/mol. The highest BCUT2D eigenvalue weighted by Crippen LogP contribution is 2.22. The minimum Gasteiger partial charge on any atom is -0.352 e. The summed E-state index contributed by atoms with van der Waals surface area (Å²) in [6.45, 7) is 4.13. The molecular formula is C12H15N2S+. The van der Waals surface area contributed by atoms with Gasteiger partial charge in [-0.3, -0.25) is 0 Å². The van der Waals surface area contributed by atoms with Crippen molar-refractivity contribution < 1.29 is 5.73 Å². The van der Waals surface area contributed by atoms with E-state index in [-0.39, 0.29) is 0 Å². The molecule has 3 heteroatoms. The van der Waals surface area contributed by atoms with E-state index in [0.717, 1.165) is 10.7 Å². The van der Waals surface area contributed by atoms with Gasteiger partial charge in [-0.05, 0) is 13.8 Å². The first-order chi connectivity index (χ1) is 7.16. The van der Waals surface area contributed by atoms with Crippen molar-refractivity contribution in [3.63, 3.8) is 0 Å². The Morgan fingerprint density at radius 1 is 1.27 bits per heavy atom. The molecule has 0 aliphatic rings. The van der Waals surface area contributed by atoms with E-state index in [0.29, 0.717) is 6.04 Å². The number of thiazole rings is 1. The number of quaternary nitrogens is 1. The summed E-state index contributed by atoms with van der Waals surface area (Å²) < 4.78 is 0. The van der Waals surface area contributed by atoms with Crippen molar-refractivity contribution in [2.45, 2.75) is 19.9 Å². The Morgan fingerprint density at radius 2 is 1.93 bits per heavy atom. The van der Waals surface area contributed by atoms with Crippen molar-refractivity contribution in [2.24, 2.45) is 0 Å². The van der Waals surface area contributed by atoms with Crippen LogP contribution in [0.25, 0.3) is 11.3 Å². The fraction of sp³-hybridized carbons (Fsp3) is 0.250. The van der Waals surface area contributed by atoms with E-state index >= 15 is 0 Å². The second-order valence-electron chi connectivity index (χ2n) is 3.77. The van der Waals surface area contributed by atoms with Gasteiger partial charge in [-0.2, -0.15) is 0 Å². The van der Waals surface area contributed by atoms with Gasteiger partial charge in [-0.15, -0.1) is 11.3 Å². The Labute approximate surface area is 93.8 Å². The molecule has 0 amide bonds. The zero-order chi connectivity index (χ0) is 10.8. The molecule has 2 aromatic rings. The summed E-state index contributed by atoms with van der Waals surface area (Å²) in [6, 6.07) is 8.83.